The van der Waals surface area contributed by atoms with Crippen LogP contribution in [0.1, 0.15) is 36.2 Å². The maximum Gasteiger partial charge on any atom is 0.258 e. The van der Waals surface area contributed by atoms with Crippen molar-refractivity contribution in [3.63, 3.8) is 0 Å². The first-order chi connectivity index (χ1) is 13.4. The number of benzene rings is 2. The van der Waals surface area contributed by atoms with Gasteiger partial charge in [0.1, 0.15) is 0 Å². The molecule has 0 saturated carbocycles. The number of nitrogens with zero attached hydrogens (tertiary/aromatic N) is 2. The Morgan fingerprint density at radius 3 is 2.29 bits per heavy atom. The summed E-state index contributed by atoms with van der Waals surface area (Å²) >= 11 is 0. The lowest BCUT2D eigenvalue weighted by molar-refractivity contribution is 0.0989. The van der Waals surface area contributed by atoms with Crippen molar-refractivity contribution in [3.05, 3.63) is 59.7 Å². The van der Waals surface area contributed by atoms with Crippen LogP contribution in [0.15, 0.2) is 53.4 Å². The van der Waals surface area contributed by atoms with E-state index in [1.54, 1.807) is 33.5 Å². The second-order valence-electron chi connectivity index (χ2n) is 8.13. The number of rotatable bonds is 3. The van der Waals surface area contributed by atoms with E-state index in [4.69, 9.17) is 0 Å². The van der Waals surface area contributed by atoms with Gasteiger partial charge in [-0.25, -0.2) is 8.42 Å². The highest BCUT2D eigenvalue weighted by Gasteiger charge is 2.32. The fourth-order valence-electron chi connectivity index (χ4n) is 4.43. The van der Waals surface area contributed by atoms with Crippen LogP contribution in [0.25, 0.3) is 0 Å². The predicted molar refractivity (Wildman–Crippen MR) is 110 cm³/mol. The van der Waals surface area contributed by atoms with Crippen LogP contribution < -0.4 is 4.90 Å². The first-order valence-electron chi connectivity index (χ1n) is 9.86. The summed E-state index contributed by atoms with van der Waals surface area (Å²) in [6.07, 6.45) is 1.90. The molecule has 1 saturated heterocycles. The summed E-state index contributed by atoms with van der Waals surface area (Å²) in [6.45, 7) is 5.94. The van der Waals surface area contributed by atoms with Crippen molar-refractivity contribution in [1.29, 1.82) is 0 Å². The van der Waals surface area contributed by atoms with Crippen molar-refractivity contribution < 1.29 is 13.2 Å². The minimum atomic E-state index is -3.53. The molecule has 148 valence electrons. The van der Waals surface area contributed by atoms with E-state index in [0.29, 0.717) is 37.0 Å². The molecule has 0 N–H and O–H groups in total. The third-order valence-corrected chi connectivity index (χ3v) is 7.55. The highest BCUT2D eigenvalue weighted by atomic mass is 32.2. The van der Waals surface area contributed by atoms with Crippen LogP contribution in [0.2, 0.25) is 0 Å². The van der Waals surface area contributed by atoms with Crippen molar-refractivity contribution in [1.82, 2.24) is 4.31 Å². The first kappa shape index (κ1) is 19.2. The number of carbonyl (C=O) groups is 1. The standard InChI is InChI=1S/C22H26N2O3S/c1-16-13-17(2)15-23(14-16)28(26,27)20-9-7-19(8-10-20)22(25)24-12-11-18-5-3-4-6-21(18)24/h3-10,16-17H,11-15H2,1-2H3/t16-,17+. The van der Waals surface area contributed by atoms with E-state index in [2.05, 4.69) is 13.8 Å². The Morgan fingerprint density at radius 2 is 1.61 bits per heavy atom. The lowest BCUT2D eigenvalue weighted by atomic mass is 9.94. The minimum absolute atomic E-state index is 0.0888. The summed E-state index contributed by atoms with van der Waals surface area (Å²) in [6, 6.07) is 14.3. The van der Waals surface area contributed by atoms with Gasteiger partial charge in [0.05, 0.1) is 4.90 Å². The number of carbonyl (C=O) groups excluding carboxylic acids is 1. The van der Waals surface area contributed by atoms with E-state index in [9.17, 15) is 13.2 Å². The molecule has 0 radical (unpaired) electrons. The Morgan fingerprint density at radius 1 is 0.964 bits per heavy atom. The molecule has 0 bridgehead atoms. The van der Waals surface area contributed by atoms with Gasteiger partial charge >= 0.3 is 0 Å². The maximum absolute atomic E-state index is 13.0. The number of hydrogen-bond donors (Lipinski definition) is 0. The molecule has 2 aromatic carbocycles. The number of para-hydroxylation sites is 1. The second kappa shape index (κ2) is 7.33. The average molecular weight is 399 g/mol. The highest BCUT2D eigenvalue weighted by molar-refractivity contribution is 7.89. The van der Waals surface area contributed by atoms with E-state index in [1.807, 2.05) is 24.3 Å². The van der Waals surface area contributed by atoms with Crippen LogP contribution in [0.5, 0.6) is 0 Å². The fraction of sp³-hybridized carbons (Fsp3) is 0.409. The lowest BCUT2D eigenvalue weighted by Gasteiger charge is -2.34. The number of piperidine rings is 1. The van der Waals surface area contributed by atoms with Gasteiger partial charge < -0.3 is 4.90 Å². The number of sulfonamides is 1. The van der Waals surface area contributed by atoms with Gasteiger partial charge in [-0.1, -0.05) is 32.0 Å². The van der Waals surface area contributed by atoms with Gasteiger partial charge in [-0.05, 0) is 60.6 Å². The predicted octanol–water partition coefficient (Wildman–Crippen LogP) is 3.56. The molecule has 0 spiro atoms. The van der Waals surface area contributed by atoms with Crippen LogP contribution in [-0.4, -0.2) is 38.3 Å². The van der Waals surface area contributed by atoms with E-state index < -0.39 is 10.0 Å². The van der Waals surface area contributed by atoms with Gasteiger partial charge in [-0.3, -0.25) is 4.79 Å². The topological polar surface area (TPSA) is 57.7 Å². The van der Waals surface area contributed by atoms with Gasteiger partial charge in [0.25, 0.3) is 5.91 Å². The van der Waals surface area contributed by atoms with Crippen molar-refractivity contribution in [3.8, 4) is 0 Å². The zero-order chi connectivity index (χ0) is 19.9. The molecule has 2 aromatic rings. The van der Waals surface area contributed by atoms with Crippen LogP contribution >= 0.6 is 0 Å². The molecule has 2 aliphatic rings. The van der Waals surface area contributed by atoms with Crippen molar-refractivity contribution in [2.24, 2.45) is 11.8 Å². The summed E-state index contributed by atoms with van der Waals surface area (Å²) in [5.74, 6) is 0.623. The molecule has 6 heteroatoms. The maximum atomic E-state index is 13.0. The lowest BCUT2D eigenvalue weighted by Crippen LogP contribution is -2.42. The van der Waals surface area contributed by atoms with E-state index in [-0.39, 0.29) is 10.8 Å². The summed E-state index contributed by atoms with van der Waals surface area (Å²) in [7, 11) is -3.53. The molecule has 2 aliphatic heterocycles. The summed E-state index contributed by atoms with van der Waals surface area (Å²) < 4.78 is 27.6. The Kier molecular flexibility index (Phi) is 5.02. The smallest absolute Gasteiger partial charge is 0.258 e. The molecule has 5 nitrogen and oxygen atoms in total. The van der Waals surface area contributed by atoms with Crippen molar-refractivity contribution >= 4 is 21.6 Å². The molecule has 1 fully saturated rings. The number of anilines is 1. The second-order valence-corrected chi connectivity index (χ2v) is 10.1. The summed E-state index contributed by atoms with van der Waals surface area (Å²) in [5, 5.41) is 0. The van der Waals surface area contributed by atoms with Gasteiger partial charge in [-0.2, -0.15) is 4.31 Å². The van der Waals surface area contributed by atoms with Gasteiger partial charge in [0.15, 0.2) is 0 Å². The van der Waals surface area contributed by atoms with Crippen molar-refractivity contribution in [2.75, 3.05) is 24.5 Å². The van der Waals surface area contributed by atoms with Crippen LogP contribution in [0, 0.1) is 11.8 Å². The number of amides is 1. The van der Waals surface area contributed by atoms with Gasteiger partial charge in [-0.15, -0.1) is 0 Å². The summed E-state index contributed by atoms with van der Waals surface area (Å²) in [4.78, 5) is 15.0. The Hall–Kier alpha value is -2.18. The molecule has 2 atom stereocenters. The summed E-state index contributed by atoms with van der Waals surface area (Å²) in [5.41, 5.74) is 2.62. The molecule has 4 rings (SSSR count). The number of fused-ring (bicyclic) bond motifs is 1. The SMILES string of the molecule is C[C@@H]1C[C@H](C)CN(S(=O)(=O)c2ccc(C(=O)N3CCc4ccccc43)cc2)C1. The first-order valence-corrected chi connectivity index (χ1v) is 11.3. The number of hydrogen-bond acceptors (Lipinski definition) is 3. The molecular formula is C22H26N2O3S. The van der Waals surface area contributed by atoms with Crippen LogP contribution in [-0.2, 0) is 16.4 Å². The quantitative estimate of drug-likeness (QED) is 0.794. The van der Waals surface area contributed by atoms with Crippen molar-refractivity contribution in [2.45, 2.75) is 31.6 Å². The monoisotopic (exact) mass is 398 g/mol. The molecule has 0 aromatic heterocycles. The average Bonchev–Trinajstić information content (AvgIpc) is 3.11. The molecule has 2 heterocycles. The van der Waals surface area contributed by atoms with E-state index in [1.165, 1.54) is 5.56 Å². The zero-order valence-corrected chi connectivity index (χ0v) is 17.2. The van der Waals surface area contributed by atoms with E-state index >= 15 is 0 Å². The Balaban J connectivity index is 1.55. The van der Waals surface area contributed by atoms with E-state index in [0.717, 1.165) is 18.5 Å². The third kappa shape index (κ3) is 3.47. The Labute approximate surface area is 167 Å². The fourth-order valence-corrected chi connectivity index (χ4v) is 6.11. The highest BCUT2D eigenvalue weighted by Crippen LogP contribution is 2.30. The molecule has 0 unspecified atom stereocenters. The molecule has 1 amide bonds. The third-order valence-electron chi connectivity index (χ3n) is 5.71. The molecular weight excluding hydrogens is 372 g/mol. The van der Waals surface area contributed by atoms with Crippen LogP contribution in [0.4, 0.5) is 5.69 Å². The molecule has 0 aliphatic carbocycles. The largest absolute Gasteiger partial charge is 0.308 e. The normalized spacial score (nSPS) is 22.9. The van der Waals surface area contributed by atoms with Gasteiger partial charge in [0.2, 0.25) is 10.0 Å². The Bertz CT molecular complexity index is 975. The zero-order valence-electron chi connectivity index (χ0n) is 16.3. The minimum Gasteiger partial charge on any atom is -0.308 e. The van der Waals surface area contributed by atoms with Crippen LogP contribution in [0.3, 0.4) is 0 Å². The van der Waals surface area contributed by atoms with Gasteiger partial charge in [0, 0.05) is 30.9 Å². The molecule has 28 heavy (non-hydrogen) atoms.